The molecule has 1 atom stereocenters. The molecular weight excluding hydrogens is 224 g/mol. The molecule has 0 radical (unpaired) electrons. The summed E-state index contributed by atoms with van der Waals surface area (Å²) >= 11 is 0. The molecule has 0 spiro atoms. The first-order valence-corrected chi connectivity index (χ1v) is 5.24. The summed E-state index contributed by atoms with van der Waals surface area (Å²) in [5.74, 6) is -0.544. The number of piperazine rings is 1. The lowest BCUT2D eigenvalue weighted by Gasteiger charge is -2.32. The highest BCUT2D eigenvalue weighted by molar-refractivity contribution is 5.96. The molecule has 1 fully saturated rings. The van der Waals surface area contributed by atoms with E-state index in [0.29, 0.717) is 13.1 Å². The largest absolute Gasteiger partial charge is 0.353 e. The highest BCUT2D eigenvalue weighted by Crippen LogP contribution is 2.08. The summed E-state index contributed by atoms with van der Waals surface area (Å²) in [6, 6.07) is 2.06. The van der Waals surface area contributed by atoms with Crippen molar-refractivity contribution in [1.82, 2.24) is 20.4 Å². The summed E-state index contributed by atoms with van der Waals surface area (Å²) in [4.78, 5) is 35.7. The molecule has 1 aliphatic rings. The third-order valence-corrected chi connectivity index (χ3v) is 2.66. The van der Waals surface area contributed by atoms with Crippen molar-refractivity contribution in [3.05, 3.63) is 28.2 Å². The van der Waals surface area contributed by atoms with Gasteiger partial charge in [0.2, 0.25) is 5.91 Å². The van der Waals surface area contributed by atoms with Gasteiger partial charge in [0.15, 0.2) is 0 Å². The summed E-state index contributed by atoms with van der Waals surface area (Å²) in [7, 11) is 0. The number of carbonyl (C=O) groups is 2. The van der Waals surface area contributed by atoms with Gasteiger partial charge in [-0.25, -0.2) is 5.10 Å². The van der Waals surface area contributed by atoms with Gasteiger partial charge in [0.05, 0.1) is 0 Å². The number of H-pyrrole nitrogens is 1. The number of nitrogens with one attached hydrogen (secondary N) is 2. The first-order valence-electron chi connectivity index (χ1n) is 5.24. The first-order chi connectivity index (χ1) is 8.09. The Bertz CT molecular complexity index is 490. The molecule has 0 saturated carbocycles. The molecule has 0 bridgehead atoms. The lowest BCUT2D eigenvalue weighted by atomic mass is 10.2. The molecular formula is C10H12N4O3. The van der Waals surface area contributed by atoms with Crippen LogP contribution < -0.4 is 10.9 Å². The maximum atomic E-state index is 12.0. The molecule has 1 aromatic rings. The molecule has 17 heavy (non-hydrogen) atoms. The van der Waals surface area contributed by atoms with E-state index in [1.54, 1.807) is 6.92 Å². The Labute approximate surface area is 96.8 Å². The predicted octanol–water partition coefficient (Wildman–Crippen LogP) is -1.27. The molecule has 0 aromatic carbocycles. The fraction of sp³-hybridized carbons (Fsp3) is 0.400. The van der Waals surface area contributed by atoms with Crippen LogP contribution in [0, 0.1) is 0 Å². The SMILES string of the molecule is CC1C(=O)NCCN1C(=O)c1ccc(=O)[nH]n1. The minimum absolute atomic E-state index is 0.131. The van der Waals surface area contributed by atoms with Gasteiger partial charge >= 0.3 is 0 Å². The molecule has 90 valence electrons. The van der Waals surface area contributed by atoms with Gasteiger partial charge in [-0.05, 0) is 13.0 Å². The predicted molar refractivity (Wildman–Crippen MR) is 58.4 cm³/mol. The van der Waals surface area contributed by atoms with Crippen molar-refractivity contribution in [2.75, 3.05) is 13.1 Å². The molecule has 2 amide bonds. The number of hydrogen-bond acceptors (Lipinski definition) is 4. The third-order valence-electron chi connectivity index (χ3n) is 2.66. The van der Waals surface area contributed by atoms with E-state index >= 15 is 0 Å². The van der Waals surface area contributed by atoms with Crippen LogP contribution in [0.1, 0.15) is 17.4 Å². The maximum absolute atomic E-state index is 12.0. The van der Waals surface area contributed by atoms with Crippen molar-refractivity contribution in [1.29, 1.82) is 0 Å². The van der Waals surface area contributed by atoms with Crippen LogP contribution in [0.2, 0.25) is 0 Å². The van der Waals surface area contributed by atoms with E-state index in [9.17, 15) is 14.4 Å². The maximum Gasteiger partial charge on any atom is 0.275 e. The number of carbonyl (C=O) groups excluding carboxylic acids is 2. The second kappa shape index (κ2) is 4.36. The van der Waals surface area contributed by atoms with E-state index in [0.717, 1.165) is 0 Å². The van der Waals surface area contributed by atoms with Crippen LogP contribution in [0.5, 0.6) is 0 Å². The highest BCUT2D eigenvalue weighted by atomic mass is 16.2. The van der Waals surface area contributed by atoms with Crippen LogP contribution >= 0.6 is 0 Å². The normalized spacial score (nSPS) is 19.9. The van der Waals surface area contributed by atoms with E-state index in [1.807, 2.05) is 0 Å². The third kappa shape index (κ3) is 2.17. The van der Waals surface area contributed by atoms with E-state index in [2.05, 4.69) is 15.5 Å². The Balaban J connectivity index is 2.22. The molecule has 2 heterocycles. The van der Waals surface area contributed by atoms with Crippen LogP contribution in [-0.4, -0.2) is 46.0 Å². The average molecular weight is 236 g/mol. The minimum atomic E-state index is -0.523. The average Bonchev–Trinajstić information content (AvgIpc) is 2.33. The Morgan fingerprint density at radius 3 is 2.88 bits per heavy atom. The topological polar surface area (TPSA) is 95.2 Å². The number of rotatable bonds is 1. The quantitative estimate of drug-likeness (QED) is 0.635. The van der Waals surface area contributed by atoms with Gasteiger partial charge in [-0.3, -0.25) is 14.4 Å². The Morgan fingerprint density at radius 1 is 1.47 bits per heavy atom. The summed E-state index contributed by atoms with van der Waals surface area (Å²) in [5, 5.41) is 8.51. The summed E-state index contributed by atoms with van der Waals surface area (Å²) < 4.78 is 0. The highest BCUT2D eigenvalue weighted by Gasteiger charge is 2.30. The van der Waals surface area contributed by atoms with Crippen LogP contribution in [0.3, 0.4) is 0 Å². The van der Waals surface area contributed by atoms with Gasteiger partial charge in [-0.15, -0.1) is 0 Å². The standard InChI is InChI=1S/C10H12N4O3/c1-6-9(16)11-4-5-14(6)10(17)7-2-3-8(15)13-12-7/h2-3,6H,4-5H2,1H3,(H,11,16)(H,13,15). The van der Waals surface area contributed by atoms with Crippen LogP contribution in [0.15, 0.2) is 16.9 Å². The molecule has 1 aromatic heterocycles. The molecule has 2 rings (SSSR count). The number of aromatic nitrogens is 2. The Hall–Kier alpha value is -2.18. The van der Waals surface area contributed by atoms with Crippen molar-refractivity contribution in [3.8, 4) is 0 Å². The zero-order valence-corrected chi connectivity index (χ0v) is 9.27. The lowest BCUT2D eigenvalue weighted by molar-refractivity contribution is -0.127. The van der Waals surface area contributed by atoms with E-state index in [4.69, 9.17) is 0 Å². The van der Waals surface area contributed by atoms with Gasteiger partial charge in [0.25, 0.3) is 11.5 Å². The van der Waals surface area contributed by atoms with Crippen molar-refractivity contribution in [3.63, 3.8) is 0 Å². The Kier molecular flexibility index (Phi) is 2.90. The molecule has 1 saturated heterocycles. The van der Waals surface area contributed by atoms with Gasteiger partial charge in [-0.2, -0.15) is 5.10 Å². The van der Waals surface area contributed by atoms with Crippen molar-refractivity contribution >= 4 is 11.8 Å². The van der Waals surface area contributed by atoms with E-state index < -0.39 is 6.04 Å². The van der Waals surface area contributed by atoms with Crippen LogP contribution in [0.25, 0.3) is 0 Å². The summed E-state index contributed by atoms with van der Waals surface area (Å²) in [5.41, 5.74) is -0.239. The minimum Gasteiger partial charge on any atom is -0.353 e. The van der Waals surface area contributed by atoms with Gasteiger partial charge in [-0.1, -0.05) is 0 Å². The molecule has 7 nitrogen and oxygen atoms in total. The van der Waals surface area contributed by atoms with Crippen molar-refractivity contribution in [2.24, 2.45) is 0 Å². The summed E-state index contributed by atoms with van der Waals surface area (Å²) in [6.45, 7) is 2.52. The zero-order valence-electron chi connectivity index (χ0n) is 9.27. The molecule has 2 N–H and O–H groups in total. The lowest BCUT2D eigenvalue weighted by Crippen LogP contribution is -2.56. The van der Waals surface area contributed by atoms with Gasteiger partial charge in [0, 0.05) is 19.2 Å². The Morgan fingerprint density at radius 2 is 2.24 bits per heavy atom. The monoisotopic (exact) mass is 236 g/mol. The van der Waals surface area contributed by atoms with Gasteiger partial charge in [0.1, 0.15) is 11.7 Å². The van der Waals surface area contributed by atoms with Crippen molar-refractivity contribution < 1.29 is 9.59 Å². The molecule has 1 aliphatic heterocycles. The molecule has 1 unspecified atom stereocenters. The van der Waals surface area contributed by atoms with E-state index in [-0.39, 0.29) is 23.1 Å². The van der Waals surface area contributed by atoms with Gasteiger partial charge < -0.3 is 10.2 Å². The molecule has 7 heteroatoms. The number of amides is 2. The fourth-order valence-electron chi connectivity index (χ4n) is 1.67. The van der Waals surface area contributed by atoms with Crippen molar-refractivity contribution in [2.45, 2.75) is 13.0 Å². The fourth-order valence-corrected chi connectivity index (χ4v) is 1.67. The van der Waals surface area contributed by atoms with Crippen LogP contribution in [-0.2, 0) is 4.79 Å². The number of nitrogens with zero attached hydrogens (tertiary/aromatic N) is 2. The zero-order chi connectivity index (χ0) is 12.4. The first kappa shape index (κ1) is 11.3. The second-order valence-electron chi connectivity index (χ2n) is 3.77. The van der Waals surface area contributed by atoms with E-state index in [1.165, 1.54) is 17.0 Å². The number of hydrogen-bond donors (Lipinski definition) is 2. The smallest absolute Gasteiger partial charge is 0.275 e. The number of aromatic amines is 1. The second-order valence-corrected chi connectivity index (χ2v) is 3.77. The van der Waals surface area contributed by atoms with Crippen LogP contribution in [0.4, 0.5) is 0 Å². The summed E-state index contributed by atoms with van der Waals surface area (Å²) in [6.07, 6.45) is 0. The molecule has 0 aliphatic carbocycles.